The van der Waals surface area contributed by atoms with Crippen LogP contribution >= 0.6 is 0 Å². The predicted molar refractivity (Wildman–Crippen MR) is 127 cm³/mol. The molecular weight excluding hydrogens is 398 g/mol. The van der Waals surface area contributed by atoms with Crippen LogP contribution < -0.4 is 5.32 Å². The molecule has 0 aromatic heterocycles. The van der Waals surface area contributed by atoms with Crippen molar-refractivity contribution in [1.82, 2.24) is 15.1 Å². The molecule has 0 saturated carbocycles. The third-order valence-electron chi connectivity index (χ3n) is 7.23. The van der Waals surface area contributed by atoms with Crippen LogP contribution in [0.15, 0.2) is 54.6 Å². The first-order valence-corrected chi connectivity index (χ1v) is 11.9. The fourth-order valence-electron chi connectivity index (χ4n) is 5.24. The molecule has 0 atom stereocenters. The maximum atomic E-state index is 13.6. The first kappa shape index (κ1) is 22.5. The Hall–Kier alpha value is -2.66. The number of hydrogen-bond donors (Lipinski definition) is 1. The van der Waals surface area contributed by atoms with E-state index in [0.29, 0.717) is 25.9 Å². The highest BCUT2D eigenvalue weighted by atomic mass is 16.2. The number of hydrogen-bond acceptors (Lipinski definition) is 3. The summed E-state index contributed by atoms with van der Waals surface area (Å²) >= 11 is 0. The Morgan fingerprint density at radius 1 is 0.969 bits per heavy atom. The zero-order chi connectivity index (χ0) is 22.6. The van der Waals surface area contributed by atoms with Gasteiger partial charge in [-0.25, -0.2) is 0 Å². The molecule has 2 aliphatic heterocycles. The number of nitrogens with zero attached hydrogens (tertiary/aromatic N) is 2. The Bertz CT molecular complexity index is 927. The van der Waals surface area contributed by atoms with Gasteiger partial charge in [0.25, 0.3) is 0 Å². The van der Waals surface area contributed by atoms with Gasteiger partial charge in [0.2, 0.25) is 11.8 Å². The average Bonchev–Trinajstić information content (AvgIpc) is 2.81. The summed E-state index contributed by atoms with van der Waals surface area (Å²) in [6, 6.07) is 19.0. The molecule has 2 heterocycles. The lowest BCUT2D eigenvalue weighted by Gasteiger charge is -2.42. The molecule has 0 aliphatic carbocycles. The number of rotatable bonds is 5. The fraction of sp³-hybridized carbons (Fsp3) is 0.481. The molecule has 2 fully saturated rings. The van der Waals surface area contributed by atoms with Crippen LogP contribution in [0, 0.1) is 6.92 Å². The molecule has 32 heavy (non-hydrogen) atoms. The van der Waals surface area contributed by atoms with Crippen molar-refractivity contribution in [3.05, 3.63) is 71.3 Å². The molecule has 0 unspecified atom stereocenters. The minimum atomic E-state index is -0.550. The van der Waals surface area contributed by atoms with Gasteiger partial charge in [-0.15, -0.1) is 0 Å². The van der Waals surface area contributed by atoms with Gasteiger partial charge in [-0.2, -0.15) is 0 Å². The minimum absolute atomic E-state index is 0.0908. The van der Waals surface area contributed by atoms with E-state index < -0.39 is 5.41 Å². The second-order valence-corrected chi connectivity index (χ2v) is 9.47. The van der Waals surface area contributed by atoms with E-state index in [0.717, 1.165) is 38.0 Å². The van der Waals surface area contributed by atoms with E-state index in [2.05, 4.69) is 53.5 Å². The number of nitrogens with one attached hydrogen (secondary N) is 1. The third kappa shape index (κ3) is 5.04. The highest BCUT2D eigenvalue weighted by Gasteiger charge is 2.44. The molecular formula is C27H35N3O2. The summed E-state index contributed by atoms with van der Waals surface area (Å²) in [6.45, 7) is 7.97. The fourth-order valence-corrected chi connectivity index (χ4v) is 5.24. The van der Waals surface area contributed by atoms with E-state index in [9.17, 15) is 9.59 Å². The van der Waals surface area contributed by atoms with Gasteiger partial charge >= 0.3 is 0 Å². The lowest BCUT2D eigenvalue weighted by Crippen LogP contribution is -2.55. The molecule has 2 amide bonds. The Labute approximate surface area is 191 Å². The highest BCUT2D eigenvalue weighted by molar-refractivity contribution is 5.89. The molecule has 0 radical (unpaired) electrons. The summed E-state index contributed by atoms with van der Waals surface area (Å²) in [5.41, 5.74) is 3.17. The first-order valence-electron chi connectivity index (χ1n) is 11.9. The van der Waals surface area contributed by atoms with Gasteiger partial charge in [0, 0.05) is 45.7 Å². The Balaban J connectivity index is 1.38. The molecule has 5 nitrogen and oxygen atoms in total. The molecule has 0 bridgehead atoms. The van der Waals surface area contributed by atoms with Crippen molar-refractivity contribution in [1.29, 1.82) is 0 Å². The summed E-state index contributed by atoms with van der Waals surface area (Å²) in [6.07, 6.45) is 3.30. The summed E-state index contributed by atoms with van der Waals surface area (Å²) in [7, 11) is 0. The summed E-state index contributed by atoms with van der Waals surface area (Å²) in [5, 5.41) is 3.40. The maximum Gasteiger partial charge on any atom is 0.231 e. The van der Waals surface area contributed by atoms with E-state index in [1.807, 2.05) is 23.1 Å². The van der Waals surface area contributed by atoms with Crippen LogP contribution in [-0.4, -0.2) is 53.8 Å². The van der Waals surface area contributed by atoms with Gasteiger partial charge < -0.3 is 10.2 Å². The van der Waals surface area contributed by atoms with Gasteiger partial charge in [0.05, 0.1) is 5.41 Å². The molecule has 5 heteroatoms. The SMILES string of the molecule is CC(=O)N1CCC(C(=O)NC2CCN(Cc3cccc(C)c3)CC2)(c2ccccc2)CC1. The predicted octanol–water partition coefficient (Wildman–Crippen LogP) is 3.66. The number of carbonyl (C=O) groups excluding carboxylic acids is 2. The zero-order valence-corrected chi connectivity index (χ0v) is 19.3. The number of piperidine rings is 2. The average molecular weight is 434 g/mol. The smallest absolute Gasteiger partial charge is 0.231 e. The summed E-state index contributed by atoms with van der Waals surface area (Å²) in [5.74, 6) is 0.220. The zero-order valence-electron chi connectivity index (χ0n) is 19.3. The van der Waals surface area contributed by atoms with Gasteiger partial charge in [-0.1, -0.05) is 60.2 Å². The van der Waals surface area contributed by atoms with Crippen LogP contribution in [-0.2, 0) is 21.5 Å². The largest absolute Gasteiger partial charge is 0.352 e. The van der Waals surface area contributed by atoms with Gasteiger partial charge in [-0.3, -0.25) is 14.5 Å². The van der Waals surface area contributed by atoms with Crippen LogP contribution in [0.5, 0.6) is 0 Å². The number of carbonyl (C=O) groups is 2. The van der Waals surface area contributed by atoms with Crippen LogP contribution in [0.1, 0.15) is 49.3 Å². The van der Waals surface area contributed by atoms with E-state index in [-0.39, 0.29) is 17.9 Å². The molecule has 1 N–H and O–H groups in total. The number of likely N-dealkylation sites (tertiary alicyclic amines) is 2. The monoisotopic (exact) mass is 433 g/mol. The minimum Gasteiger partial charge on any atom is -0.352 e. The second-order valence-electron chi connectivity index (χ2n) is 9.47. The number of amides is 2. The lowest BCUT2D eigenvalue weighted by atomic mass is 9.71. The topological polar surface area (TPSA) is 52.7 Å². The van der Waals surface area contributed by atoms with E-state index >= 15 is 0 Å². The van der Waals surface area contributed by atoms with Crippen molar-refractivity contribution >= 4 is 11.8 Å². The first-order chi connectivity index (χ1) is 15.5. The van der Waals surface area contributed by atoms with Crippen molar-refractivity contribution in [3.63, 3.8) is 0 Å². The highest BCUT2D eigenvalue weighted by Crippen LogP contribution is 2.36. The Kier molecular flexibility index (Phi) is 6.95. The van der Waals surface area contributed by atoms with Crippen LogP contribution in [0.2, 0.25) is 0 Å². The molecule has 0 spiro atoms. The van der Waals surface area contributed by atoms with Crippen LogP contribution in [0.4, 0.5) is 0 Å². The van der Waals surface area contributed by atoms with Crippen molar-refractivity contribution in [3.8, 4) is 0 Å². The molecule has 2 aliphatic rings. The van der Waals surface area contributed by atoms with Crippen molar-refractivity contribution in [2.24, 2.45) is 0 Å². The van der Waals surface area contributed by atoms with E-state index in [4.69, 9.17) is 0 Å². The quantitative estimate of drug-likeness (QED) is 0.783. The van der Waals surface area contributed by atoms with Gasteiger partial charge in [0.1, 0.15) is 0 Å². The van der Waals surface area contributed by atoms with E-state index in [1.165, 1.54) is 11.1 Å². The van der Waals surface area contributed by atoms with Crippen LogP contribution in [0.25, 0.3) is 0 Å². The standard InChI is InChI=1S/C27H35N3O2/c1-21-7-6-8-23(19-21)20-29-15-11-25(12-16-29)28-26(32)27(24-9-4-3-5-10-24)13-17-30(18-14-27)22(2)31/h3-10,19,25H,11-18,20H2,1-2H3,(H,28,32). The van der Waals surface area contributed by atoms with Crippen molar-refractivity contribution in [2.45, 2.75) is 57.5 Å². The molecule has 4 rings (SSSR count). The third-order valence-corrected chi connectivity index (χ3v) is 7.23. The van der Waals surface area contributed by atoms with Gasteiger partial charge in [-0.05, 0) is 43.7 Å². The molecule has 2 aromatic rings. The van der Waals surface area contributed by atoms with E-state index in [1.54, 1.807) is 6.92 Å². The van der Waals surface area contributed by atoms with Gasteiger partial charge in [0.15, 0.2) is 0 Å². The number of benzene rings is 2. The molecule has 170 valence electrons. The van der Waals surface area contributed by atoms with Crippen molar-refractivity contribution < 1.29 is 9.59 Å². The summed E-state index contributed by atoms with van der Waals surface area (Å²) in [4.78, 5) is 29.8. The normalized spacial score (nSPS) is 19.5. The Morgan fingerprint density at radius 3 is 2.28 bits per heavy atom. The Morgan fingerprint density at radius 2 is 1.66 bits per heavy atom. The van der Waals surface area contributed by atoms with Crippen molar-refractivity contribution in [2.75, 3.05) is 26.2 Å². The summed E-state index contributed by atoms with van der Waals surface area (Å²) < 4.78 is 0. The lowest BCUT2D eigenvalue weighted by molar-refractivity contribution is -0.136. The number of aryl methyl sites for hydroxylation is 1. The maximum absolute atomic E-state index is 13.6. The van der Waals surface area contributed by atoms with Crippen LogP contribution in [0.3, 0.4) is 0 Å². The molecule has 2 saturated heterocycles. The second kappa shape index (κ2) is 9.86. The molecule has 2 aromatic carbocycles.